The maximum Gasteiger partial charge on any atom is 0.387 e. The number of alkyl halides is 2. The van der Waals surface area contributed by atoms with E-state index in [-0.39, 0.29) is 48.9 Å². The summed E-state index contributed by atoms with van der Waals surface area (Å²) < 4.78 is 39.6. The van der Waals surface area contributed by atoms with E-state index in [0.29, 0.717) is 54.2 Å². The smallest absolute Gasteiger partial charge is 0.387 e. The average Bonchev–Trinajstić information content (AvgIpc) is 3.52. The number of carbonyl (C=O) groups excluding carboxylic acids is 2. The normalized spacial score (nSPS) is 16.7. The molecule has 1 unspecified atom stereocenters. The Labute approximate surface area is 268 Å². The SMILES string of the molecule is CC(N)C(=O)OCc1ccc(OC(F)F)c(Cn2c3cc(-c4cnc(N5CCN6C(=O)NC[C@@H]6C5)nc4)ccc3c(=O)n2C)c1.Cl. The first-order valence-corrected chi connectivity index (χ1v) is 14.4. The molecule has 2 saturated heterocycles. The first kappa shape index (κ1) is 32.6. The molecule has 0 saturated carbocycles. The molecule has 4 aromatic rings. The monoisotopic (exact) mass is 658 g/mol. The van der Waals surface area contributed by atoms with Crippen molar-refractivity contribution in [3.63, 3.8) is 0 Å². The Bertz CT molecular complexity index is 1810. The van der Waals surface area contributed by atoms with E-state index < -0.39 is 18.6 Å². The summed E-state index contributed by atoms with van der Waals surface area (Å²) in [4.78, 5) is 50.0. The molecule has 2 aromatic heterocycles. The van der Waals surface area contributed by atoms with Crippen LogP contribution in [-0.4, -0.2) is 81.1 Å². The summed E-state index contributed by atoms with van der Waals surface area (Å²) >= 11 is 0. The number of nitrogens with one attached hydrogen (secondary N) is 1. The maximum atomic E-state index is 13.3. The predicted molar refractivity (Wildman–Crippen MR) is 167 cm³/mol. The van der Waals surface area contributed by atoms with Crippen molar-refractivity contribution in [2.45, 2.75) is 38.8 Å². The van der Waals surface area contributed by atoms with Gasteiger partial charge in [-0.2, -0.15) is 8.78 Å². The molecule has 46 heavy (non-hydrogen) atoms. The van der Waals surface area contributed by atoms with Crippen molar-refractivity contribution in [2.24, 2.45) is 12.8 Å². The number of halogens is 3. The number of esters is 1. The summed E-state index contributed by atoms with van der Waals surface area (Å²) in [6.07, 6.45) is 3.42. The molecule has 2 aromatic carbocycles. The second-order valence-electron chi connectivity index (χ2n) is 11.1. The highest BCUT2D eigenvalue weighted by molar-refractivity contribution is 5.85. The number of piperazine rings is 1. The Morgan fingerprint density at radius 2 is 1.87 bits per heavy atom. The van der Waals surface area contributed by atoms with Gasteiger partial charge in [0.05, 0.1) is 23.5 Å². The molecule has 0 aliphatic carbocycles. The molecule has 4 heterocycles. The number of hydrogen-bond acceptors (Lipinski definition) is 9. The third-order valence-electron chi connectivity index (χ3n) is 8.06. The Hall–Kier alpha value is -4.76. The van der Waals surface area contributed by atoms with E-state index in [4.69, 9.17) is 15.2 Å². The van der Waals surface area contributed by atoms with Gasteiger partial charge in [-0.3, -0.25) is 19.0 Å². The molecule has 6 rings (SSSR count). The van der Waals surface area contributed by atoms with E-state index in [1.807, 2.05) is 15.9 Å². The largest absolute Gasteiger partial charge is 0.460 e. The summed E-state index contributed by atoms with van der Waals surface area (Å²) in [5, 5.41) is 3.30. The molecular formula is C30H33ClF2N8O5. The number of benzene rings is 2. The molecule has 244 valence electrons. The number of urea groups is 1. The van der Waals surface area contributed by atoms with Gasteiger partial charge in [0, 0.05) is 56.7 Å². The molecule has 16 heteroatoms. The first-order chi connectivity index (χ1) is 21.6. The Kier molecular flexibility index (Phi) is 9.44. The molecule has 3 N–H and O–H groups in total. The molecule has 0 spiro atoms. The van der Waals surface area contributed by atoms with Gasteiger partial charge in [-0.1, -0.05) is 12.1 Å². The topological polar surface area (TPSA) is 150 Å². The van der Waals surface area contributed by atoms with Gasteiger partial charge in [-0.05, 0) is 42.3 Å². The highest BCUT2D eigenvalue weighted by atomic mass is 35.5. The van der Waals surface area contributed by atoms with E-state index >= 15 is 0 Å². The number of hydrogen-bond donors (Lipinski definition) is 2. The number of amides is 2. The van der Waals surface area contributed by atoms with Crippen LogP contribution in [0, 0.1) is 0 Å². The van der Waals surface area contributed by atoms with Crippen LogP contribution in [0.15, 0.2) is 53.6 Å². The average molecular weight is 659 g/mol. The minimum absolute atomic E-state index is 0. The van der Waals surface area contributed by atoms with Gasteiger partial charge >= 0.3 is 18.6 Å². The molecular weight excluding hydrogens is 626 g/mol. The fourth-order valence-electron chi connectivity index (χ4n) is 5.67. The van der Waals surface area contributed by atoms with Crippen LogP contribution in [0.25, 0.3) is 22.0 Å². The van der Waals surface area contributed by atoms with E-state index in [1.165, 1.54) is 23.7 Å². The lowest BCUT2D eigenvalue weighted by Crippen LogP contribution is -2.52. The van der Waals surface area contributed by atoms with Gasteiger partial charge in [0.25, 0.3) is 5.56 Å². The number of anilines is 1. The summed E-state index contributed by atoms with van der Waals surface area (Å²) in [6, 6.07) is 9.06. The number of fused-ring (bicyclic) bond motifs is 2. The maximum absolute atomic E-state index is 13.3. The van der Waals surface area contributed by atoms with Crippen molar-refractivity contribution in [1.82, 2.24) is 29.5 Å². The number of carbonyl (C=O) groups is 2. The predicted octanol–water partition coefficient (Wildman–Crippen LogP) is 2.47. The van der Waals surface area contributed by atoms with Crippen LogP contribution in [0.4, 0.5) is 19.5 Å². The number of ether oxygens (including phenoxy) is 2. The second-order valence-corrected chi connectivity index (χ2v) is 11.1. The third kappa shape index (κ3) is 6.46. The fraction of sp³-hybridized carbons (Fsp3) is 0.367. The minimum Gasteiger partial charge on any atom is -0.460 e. The van der Waals surface area contributed by atoms with Gasteiger partial charge in [-0.15, -0.1) is 12.4 Å². The lowest BCUT2D eigenvalue weighted by atomic mass is 10.1. The van der Waals surface area contributed by atoms with E-state index in [9.17, 15) is 23.2 Å². The standard InChI is InChI=1S/C30H32F2N8O5.ClH/c1-17(33)27(42)44-16-18-3-6-25(45-28(31)32)20(9-18)14-40-24-10-19(4-5-23(24)26(41)37(40)2)21-11-34-29(35-12-21)38-7-8-39-22(15-38)13-36-30(39)43;/h3-6,9-12,17,22,28H,7-8,13-16,33H2,1-2H3,(H,36,43);1H/t17?,22-;/m1./s1. The zero-order valence-electron chi connectivity index (χ0n) is 25.1. The van der Waals surface area contributed by atoms with E-state index in [1.54, 1.807) is 42.3 Å². The number of nitrogens with zero attached hydrogens (tertiary/aromatic N) is 6. The van der Waals surface area contributed by atoms with Crippen molar-refractivity contribution in [3.8, 4) is 16.9 Å². The third-order valence-corrected chi connectivity index (χ3v) is 8.06. The van der Waals surface area contributed by atoms with Crippen molar-refractivity contribution in [2.75, 3.05) is 31.1 Å². The summed E-state index contributed by atoms with van der Waals surface area (Å²) in [7, 11) is 1.59. The number of nitrogens with two attached hydrogens (primary N) is 1. The lowest BCUT2D eigenvalue weighted by Gasteiger charge is -2.36. The van der Waals surface area contributed by atoms with Gasteiger partial charge in [0.15, 0.2) is 0 Å². The Balaban J connectivity index is 0.00000417. The van der Waals surface area contributed by atoms with Crippen LogP contribution in [0.1, 0.15) is 18.1 Å². The molecule has 2 atom stereocenters. The molecule has 0 bridgehead atoms. The molecule has 2 aliphatic heterocycles. The van der Waals surface area contributed by atoms with Crippen LogP contribution in [0.3, 0.4) is 0 Å². The fourth-order valence-corrected chi connectivity index (χ4v) is 5.67. The molecule has 13 nitrogen and oxygen atoms in total. The number of rotatable bonds is 9. The van der Waals surface area contributed by atoms with Crippen LogP contribution < -0.4 is 26.2 Å². The van der Waals surface area contributed by atoms with Crippen molar-refractivity contribution in [3.05, 3.63) is 70.3 Å². The molecule has 2 fully saturated rings. The molecule has 0 radical (unpaired) electrons. The Morgan fingerprint density at radius 1 is 1.11 bits per heavy atom. The van der Waals surface area contributed by atoms with Gasteiger partial charge < -0.3 is 30.3 Å². The van der Waals surface area contributed by atoms with Crippen LogP contribution in [-0.2, 0) is 29.7 Å². The highest BCUT2D eigenvalue weighted by Gasteiger charge is 2.36. The van der Waals surface area contributed by atoms with E-state index in [2.05, 4.69) is 15.3 Å². The minimum atomic E-state index is -3.06. The van der Waals surface area contributed by atoms with Gasteiger partial charge in [-0.25, -0.2) is 14.8 Å². The number of aromatic nitrogens is 4. The van der Waals surface area contributed by atoms with Crippen molar-refractivity contribution < 1.29 is 27.8 Å². The van der Waals surface area contributed by atoms with Crippen molar-refractivity contribution in [1.29, 1.82) is 0 Å². The van der Waals surface area contributed by atoms with E-state index in [0.717, 1.165) is 11.1 Å². The quantitative estimate of drug-likeness (QED) is 0.259. The zero-order valence-corrected chi connectivity index (χ0v) is 25.9. The Morgan fingerprint density at radius 3 is 2.59 bits per heavy atom. The summed E-state index contributed by atoms with van der Waals surface area (Å²) in [6.45, 7) is 0.772. The first-order valence-electron chi connectivity index (χ1n) is 14.4. The van der Waals surface area contributed by atoms with Crippen LogP contribution in [0.2, 0.25) is 0 Å². The van der Waals surface area contributed by atoms with Gasteiger partial charge in [0.2, 0.25) is 5.95 Å². The lowest BCUT2D eigenvalue weighted by molar-refractivity contribution is -0.146. The second kappa shape index (κ2) is 13.3. The van der Waals surface area contributed by atoms with Crippen molar-refractivity contribution >= 4 is 41.3 Å². The molecule has 2 aliphatic rings. The summed E-state index contributed by atoms with van der Waals surface area (Å²) in [5.41, 5.74) is 8.24. The molecule has 2 amide bonds. The van der Waals surface area contributed by atoms with Crippen LogP contribution >= 0.6 is 12.4 Å². The summed E-state index contributed by atoms with van der Waals surface area (Å²) in [5.74, 6) is -0.105. The zero-order chi connectivity index (χ0) is 31.8. The van der Waals surface area contributed by atoms with Crippen LogP contribution in [0.5, 0.6) is 5.75 Å². The van der Waals surface area contributed by atoms with Gasteiger partial charge in [0.1, 0.15) is 18.4 Å². The highest BCUT2D eigenvalue weighted by Crippen LogP contribution is 2.28.